The molecule has 0 saturated heterocycles. The van der Waals surface area contributed by atoms with E-state index in [0.29, 0.717) is 17.7 Å². The molecule has 1 heterocycles. The zero-order chi connectivity index (χ0) is 17.7. The summed E-state index contributed by atoms with van der Waals surface area (Å²) in [6, 6.07) is 7.61. The largest absolute Gasteiger partial charge is 0.463 e. The molecular formula is C18H19FN2O3. The lowest BCUT2D eigenvalue weighted by Crippen LogP contribution is -2.26. The molecule has 1 aliphatic rings. The molecule has 1 aromatic rings. The highest BCUT2D eigenvalue weighted by molar-refractivity contribution is 5.92. The van der Waals surface area contributed by atoms with Crippen LogP contribution < -0.4 is 5.73 Å². The van der Waals surface area contributed by atoms with Crippen LogP contribution in [-0.4, -0.2) is 12.6 Å². The van der Waals surface area contributed by atoms with Gasteiger partial charge in [-0.15, -0.1) is 0 Å². The Hall–Kier alpha value is -2.81. The summed E-state index contributed by atoms with van der Waals surface area (Å²) in [6.07, 6.45) is 1.20. The second-order valence-electron chi connectivity index (χ2n) is 5.28. The minimum absolute atomic E-state index is 0.0386. The lowest BCUT2D eigenvalue weighted by Gasteiger charge is -2.28. The first-order valence-electron chi connectivity index (χ1n) is 7.76. The molecule has 1 unspecified atom stereocenters. The van der Waals surface area contributed by atoms with Crippen molar-refractivity contribution in [1.29, 1.82) is 5.26 Å². The molecule has 0 bridgehead atoms. The average molecular weight is 330 g/mol. The minimum atomic E-state index is -0.732. The van der Waals surface area contributed by atoms with Gasteiger partial charge in [-0.1, -0.05) is 19.1 Å². The Labute approximate surface area is 140 Å². The van der Waals surface area contributed by atoms with E-state index in [4.69, 9.17) is 15.2 Å². The molecule has 2 rings (SSSR count). The molecule has 0 saturated carbocycles. The number of nitriles is 1. The van der Waals surface area contributed by atoms with E-state index in [0.717, 1.165) is 6.42 Å². The molecule has 5 nitrogen and oxygen atoms in total. The summed E-state index contributed by atoms with van der Waals surface area (Å²) in [5.41, 5.74) is 6.82. The van der Waals surface area contributed by atoms with E-state index in [1.165, 1.54) is 24.3 Å². The van der Waals surface area contributed by atoms with Crippen LogP contribution in [0.3, 0.4) is 0 Å². The number of esters is 1. The van der Waals surface area contributed by atoms with Gasteiger partial charge < -0.3 is 15.2 Å². The Balaban J connectivity index is 2.63. The molecule has 1 atom stereocenters. The lowest BCUT2D eigenvalue weighted by molar-refractivity contribution is -0.139. The highest BCUT2D eigenvalue weighted by atomic mass is 19.1. The van der Waals surface area contributed by atoms with Crippen LogP contribution in [0.25, 0.3) is 0 Å². The lowest BCUT2D eigenvalue weighted by atomic mass is 9.82. The van der Waals surface area contributed by atoms with Gasteiger partial charge in [0.1, 0.15) is 23.2 Å². The van der Waals surface area contributed by atoms with Gasteiger partial charge in [0.15, 0.2) is 0 Å². The number of rotatable bonds is 5. The van der Waals surface area contributed by atoms with Crippen LogP contribution in [0.5, 0.6) is 0 Å². The van der Waals surface area contributed by atoms with Crippen molar-refractivity contribution < 1.29 is 18.7 Å². The number of carbonyl (C=O) groups is 1. The zero-order valence-electron chi connectivity index (χ0n) is 13.6. The minimum Gasteiger partial charge on any atom is -0.463 e. The SMILES string of the molecule is CCCC1=C(C(=O)OCC)C(c2ccc(F)cc2)C(C#N)=C(N)O1. The Bertz CT molecular complexity index is 730. The van der Waals surface area contributed by atoms with Crippen LogP contribution in [0.1, 0.15) is 38.2 Å². The van der Waals surface area contributed by atoms with Gasteiger partial charge in [-0.05, 0) is 31.0 Å². The number of nitrogens with zero attached hydrogens (tertiary/aromatic N) is 1. The third kappa shape index (κ3) is 3.40. The van der Waals surface area contributed by atoms with Crippen LogP contribution in [0.2, 0.25) is 0 Å². The summed E-state index contributed by atoms with van der Waals surface area (Å²) >= 11 is 0. The molecule has 1 aliphatic heterocycles. The van der Waals surface area contributed by atoms with Crippen molar-refractivity contribution in [2.75, 3.05) is 6.61 Å². The standard InChI is InChI=1S/C18H19FN2O3/c1-3-5-14-16(18(22)23-4-2)15(13(10-20)17(21)24-14)11-6-8-12(19)9-7-11/h6-9,15H,3-5,21H2,1-2H3. The summed E-state index contributed by atoms with van der Waals surface area (Å²) in [7, 11) is 0. The number of allylic oxidation sites excluding steroid dienone is 2. The van der Waals surface area contributed by atoms with Gasteiger partial charge in [0.05, 0.1) is 18.1 Å². The van der Waals surface area contributed by atoms with Crippen molar-refractivity contribution in [3.05, 3.63) is 58.4 Å². The summed E-state index contributed by atoms with van der Waals surface area (Å²) in [5.74, 6) is -1.35. The summed E-state index contributed by atoms with van der Waals surface area (Å²) in [6.45, 7) is 3.83. The Morgan fingerprint density at radius 1 is 1.38 bits per heavy atom. The number of carbonyl (C=O) groups excluding carboxylic acids is 1. The predicted octanol–water partition coefficient (Wildman–Crippen LogP) is 3.25. The van der Waals surface area contributed by atoms with Crippen LogP contribution in [0.15, 0.2) is 47.1 Å². The molecule has 126 valence electrons. The highest BCUT2D eigenvalue weighted by Crippen LogP contribution is 2.40. The van der Waals surface area contributed by atoms with Crippen molar-refractivity contribution >= 4 is 5.97 Å². The molecule has 1 aromatic carbocycles. The molecule has 0 amide bonds. The average Bonchev–Trinajstić information content (AvgIpc) is 2.55. The van der Waals surface area contributed by atoms with E-state index in [-0.39, 0.29) is 23.6 Å². The molecule has 0 radical (unpaired) electrons. The van der Waals surface area contributed by atoms with Crippen molar-refractivity contribution in [3.8, 4) is 6.07 Å². The smallest absolute Gasteiger partial charge is 0.338 e. The zero-order valence-corrected chi connectivity index (χ0v) is 13.6. The number of benzene rings is 1. The number of nitrogens with two attached hydrogens (primary N) is 1. The summed E-state index contributed by atoms with van der Waals surface area (Å²) in [5, 5.41) is 9.48. The van der Waals surface area contributed by atoms with Crippen LogP contribution >= 0.6 is 0 Å². The van der Waals surface area contributed by atoms with Gasteiger partial charge in [0, 0.05) is 6.42 Å². The van der Waals surface area contributed by atoms with E-state index in [1.807, 2.05) is 13.0 Å². The van der Waals surface area contributed by atoms with Crippen LogP contribution in [-0.2, 0) is 14.3 Å². The van der Waals surface area contributed by atoms with E-state index in [9.17, 15) is 14.4 Å². The van der Waals surface area contributed by atoms with Gasteiger partial charge in [0.25, 0.3) is 0 Å². The number of hydrogen-bond acceptors (Lipinski definition) is 5. The van der Waals surface area contributed by atoms with Gasteiger partial charge in [0.2, 0.25) is 5.88 Å². The third-order valence-corrected chi connectivity index (χ3v) is 3.67. The molecule has 0 fully saturated rings. The van der Waals surface area contributed by atoms with Gasteiger partial charge in [-0.2, -0.15) is 5.26 Å². The van der Waals surface area contributed by atoms with Crippen molar-refractivity contribution in [2.24, 2.45) is 5.73 Å². The summed E-state index contributed by atoms with van der Waals surface area (Å²) in [4.78, 5) is 12.5. The van der Waals surface area contributed by atoms with E-state index in [1.54, 1.807) is 6.92 Å². The first-order chi connectivity index (χ1) is 11.5. The first kappa shape index (κ1) is 17.5. The number of hydrogen-bond donors (Lipinski definition) is 1. The molecule has 0 spiro atoms. The van der Waals surface area contributed by atoms with Crippen LogP contribution in [0.4, 0.5) is 4.39 Å². The van der Waals surface area contributed by atoms with Crippen molar-refractivity contribution in [1.82, 2.24) is 0 Å². The second kappa shape index (κ2) is 7.64. The molecular weight excluding hydrogens is 311 g/mol. The topological polar surface area (TPSA) is 85.3 Å². The number of ether oxygens (including phenoxy) is 2. The Kier molecular flexibility index (Phi) is 5.59. The fourth-order valence-corrected chi connectivity index (χ4v) is 2.65. The Morgan fingerprint density at radius 3 is 2.58 bits per heavy atom. The Morgan fingerprint density at radius 2 is 2.04 bits per heavy atom. The van der Waals surface area contributed by atoms with Crippen molar-refractivity contribution in [2.45, 2.75) is 32.6 Å². The molecule has 0 aliphatic carbocycles. The monoisotopic (exact) mass is 330 g/mol. The highest BCUT2D eigenvalue weighted by Gasteiger charge is 2.37. The quantitative estimate of drug-likeness (QED) is 0.838. The molecule has 6 heteroatoms. The van der Waals surface area contributed by atoms with Crippen molar-refractivity contribution in [3.63, 3.8) is 0 Å². The van der Waals surface area contributed by atoms with Gasteiger partial charge >= 0.3 is 5.97 Å². The fraction of sp³-hybridized carbons (Fsp3) is 0.333. The molecule has 0 aromatic heterocycles. The molecule has 2 N–H and O–H groups in total. The van der Waals surface area contributed by atoms with Gasteiger partial charge in [-0.25, -0.2) is 9.18 Å². The van der Waals surface area contributed by atoms with E-state index >= 15 is 0 Å². The maximum atomic E-state index is 13.3. The van der Waals surface area contributed by atoms with Crippen LogP contribution in [0, 0.1) is 17.1 Å². The molecule has 24 heavy (non-hydrogen) atoms. The first-order valence-corrected chi connectivity index (χ1v) is 7.76. The number of halogens is 1. The predicted molar refractivity (Wildman–Crippen MR) is 85.6 cm³/mol. The van der Waals surface area contributed by atoms with E-state index < -0.39 is 17.7 Å². The maximum absolute atomic E-state index is 13.3. The normalized spacial score (nSPS) is 17.3. The maximum Gasteiger partial charge on any atom is 0.338 e. The van der Waals surface area contributed by atoms with E-state index in [2.05, 4.69) is 0 Å². The fourth-order valence-electron chi connectivity index (χ4n) is 2.65. The third-order valence-electron chi connectivity index (χ3n) is 3.67. The van der Waals surface area contributed by atoms with Gasteiger partial charge in [-0.3, -0.25) is 0 Å². The summed E-state index contributed by atoms with van der Waals surface area (Å²) < 4.78 is 23.9. The second-order valence-corrected chi connectivity index (χ2v) is 5.28.